The largest absolute Gasteiger partial charge is 0.494 e. The number of nitrogen functional groups attached to an aromatic ring is 1. The van der Waals surface area contributed by atoms with Gasteiger partial charge in [0.15, 0.2) is 17.3 Å². The molecule has 0 aliphatic heterocycles. The summed E-state index contributed by atoms with van der Waals surface area (Å²) in [6.45, 7) is 0. The second-order valence-corrected chi connectivity index (χ2v) is 4.02. The van der Waals surface area contributed by atoms with E-state index in [9.17, 15) is 9.18 Å². The lowest BCUT2D eigenvalue weighted by Crippen LogP contribution is -2.10. The predicted molar refractivity (Wildman–Crippen MR) is 72.4 cm³/mol. The van der Waals surface area contributed by atoms with Crippen molar-refractivity contribution >= 4 is 11.6 Å². The summed E-state index contributed by atoms with van der Waals surface area (Å²) in [5.74, 6) is -0.366. The van der Waals surface area contributed by atoms with Crippen LogP contribution in [-0.2, 0) is 0 Å². The molecule has 0 fully saturated rings. The van der Waals surface area contributed by atoms with E-state index in [1.54, 1.807) is 12.1 Å². The molecule has 0 saturated carbocycles. The standard InChI is InChI=1S/C14H13FN2O3/c1-19-12-7-13(11(16)6-10(12)15)20-9-4-2-8(3-5-9)14(17)18/h2-7H,16H2,1H3,(H2,17,18). The van der Waals surface area contributed by atoms with Crippen LogP contribution in [0.2, 0.25) is 0 Å². The molecular formula is C14H13FN2O3. The minimum atomic E-state index is -0.568. The van der Waals surface area contributed by atoms with Crippen molar-refractivity contribution in [3.63, 3.8) is 0 Å². The SMILES string of the molecule is COc1cc(Oc2ccc(C(N)=O)cc2)c(N)cc1F. The maximum Gasteiger partial charge on any atom is 0.248 e. The lowest BCUT2D eigenvalue weighted by Gasteiger charge is -2.11. The first-order valence-corrected chi connectivity index (χ1v) is 5.72. The highest BCUT2D eigenvalue weighted by Crippen LogP contribution is 2.33. The highest BCUT2D eigenvalue weighted by molar-refractivity contribution is 5.92. The number of amides is 1. The van der Waals surface area contributed by atoms with Crippen LogP contribution < -0.4 is 20.9 Å². The number of hydrogen-bond donors (Lipinski definition) is 2. The number of hydrogen-bond acceptors (Lipinski definition) is 4. The third kappa shape index (κ3) is 2.80. The Morgan fingerprint density at radius 1 is 1.15 bits per heavy atom. The molecule has 0 aliphatic rings. The highest BCUT2D eigenvalue weighted by atomic mass is 19.1. The second-order valence-electron chi connectivity index (χ2n) is 4.02. The zero-order chi connectivity index (χ0) is 14.7. The van der Waals surface area contributed by atoms with Crippen LogP contribution in [0.5, 0.6) is 17.2 Å². The number of halogens is 1. The molecule has 2 rings (SSSR count). The monoisotopic (exact) mass is 276 g/mol. The molecule has 0 radical (unpaired) electrons. The van der Waals surface area contributed by atoms with Gasteiger partial charge in [-0.1, -0.05) is 0 Å². The Morgan fingerprint density at radius 3 is 2.35 bits per heavy atom. The number of rotatable bonds is 4. The van der Waals surface area contributed by atoms with E-state index in [2.05, 4.69) is 0 Å². The quantitative estimate of drug-likeness (QED) is 0.839. The van der Waals surface area contributed by atoms with Crippen LogP contribution in [0.3, 0.4) is 0 Å². The van der Waals surface area contributed by atoms with E-state index in [4.69, 9.17) is 20.9 Å². The predicted octanol–water partition coefficient (Wildman–Crippen LogP) is 2.31. The van der Waals surface area contributed by atoms with Gasteiger partial charge in [-0.05, 0) is 24.3 Å². The van der Waals surface area contributed by atoms with Gasteiger partial charge in [-0.2, -0.15) is 0 Å². The van der Waals surface area contributed by atoms with Gasteiger partial charge in [0, 0.05) is 17.7 Å². The fourth-order valence-electron chi connectivity index (χ4n) is 1.61. The first kappa shape index (κ1) is 13.7. The summed E-state index contributed by atoms with van der Waals surface area (Å²) in [7, 11) is 1.35. The van der Waals surface area contributed by atoms with Crippen molar-refractivity contribution in [1.82, 2.24) is 0 Å². The number of carbonyl (C=O) groups is 1. The molecule has 20 heavy (non-hydrogen) atoms. The number of primary amides is 1. The average Bonchev–Trinajstić information content (AvgIpc) is 2.42. The molecule has 0 atom stereocenters. The molecule has 5 nitrogen and oxygen atoms in total. The summed E-state index contributed by atoms with van der Waals surface area (Å²) in [5, 5.41) is 0. The minimum Gasteiger partial charge on any atom is -0.494 e. The number of anilines is 1. The molecular weight excluding hydrogens is 263 g/mol. The van der Waals surface area contributed by atoms with Crippen molar-refractivity contribution in [2.45, 2.75) is 0 Å². The van der Waals surface area contributed by atoms with E-state index >= 15 is 0 Å². The van der Waals surface area contributed by atoms with Gasteiger partial charge in [-0.15, -0.1) is 0 Å². The van der Waals surface area contributed by atoms with Gasteiger partial charge in [0.25, 0.3) is 0 Å². The van der Waals surface area contributed by atoms with Crippen LogP contribution >= 0.6 is 0 Å². The summed E-state index contributed by atoms with van der Waals surface area (Å²) in [6.07, 6.45) is 0. The molecule has 0 spiro atoms. The van der Waals surface area contributed by atoms with E-state index in [1.807, 2.05) is 0 Å². The van der Waals surface area contributed by atoms with Crippen LogP contribution in [0.15, 0.2) is 36.4 Å². The molecule has 104 valence electrons. The molecule has 1 amide bonds. The maximum atomic E-state index is 13.4. The van der Waals surface area contributed by atoms with Crippen LogP contribution in [0.4, 0.5) is 10.1 Å². The smallest absolute Gasteiger partial charge is 0.248 e. The second kappa shape index (κ2) is 5.48. The average molecular weight is 276 g/mol. The lowest BCUT2D eigenvalue weighted by molar-refractivity contribution is 0.100. The van der Waals surface area contributed by atoms with Gasteiger partial charge in [0.05, 0.1) is 12.8 Å². The van der Waals surface area contributed by atoms with E-state index in [0.717, 1.165) is 6.07 Å². The Balaban J connectivity index is 2.27. The molecule has 0 unspecified atom stereocenters. The van der Waals surface area contributed by atoms with Gasteiger partial charge >= 0.3 is 0 Å². The molecule has 0 bridgehead atoms. The topological polar surface area (TPSA) is 87.6 Å². The van der Waals surface area contributed by atoms with Crippen molar-refractivity contribution in [3.8, 4) is 17.2 Å². The fourth-order valence-corrected chi connectivity index (χ4v) is 1.61. The summed E-state index contributed by atoms with van der Waals surface area (Å²) < 4.78 is 23.8. The van der Waals surface area contributed by atoms with Gasteiger partial charge in [0.1, 0.15) is 5.75 Å². The Hall–Kier alpha value is -2.76. The summed E-state index contributed by atoms with van der Waals surface area (Å²) in [4.78, 5) is 10.9. The first-order chi connectivity index (χ1) is 9.51. The number of nitrogens with two attached hydrogens (primary N) is 2. The molecule has 2 aromatic rings. The van der Waals surface area contributed by atoms with Crippen LogP contribution in [0.1, 0.15) is 10.4 Å². The van der Waals surface area contributed by atoms with Crippen LogP contribution in [0.25, 0.3) is 0 Å². The molecule has 6 heteroatoms. The Labute approximate surface area is 114 Å². The van der Waals surface area contributed by atoms with E-state index in [1.165, 1.54) is 25.3 Å². The minimum absolute atomic E-state index is 0.0305. The Bertz CT molecular complexity index is 642. The number of methoxy groups -OCH3 is 1. The third-order valence-corrected chi connectivity index (χ3v) is 2.65. The summed E-state index contributed by atoms with van der Waals surface area (Å²) in [5.41, 5.74) is 11.3. The third-order valence-electron chi connectivity index (χ3n) is 2.65. The zero-order valence-electron chi connectivity index (χ0n) is 10.7. The molecule has 0 heterocycles. The van der Waals surface area contributed by atoms with E-state index < -0.39 is 11.7 Å². The molecule has 0 aromatic heterocycles. The maximum absolute atomic E-state index is 13.4. The lowest BCUT2D eigenvalue weighted by atomic mass is 10.2. The van der Waals surface area contributed by atoms with Crippen LogP contribution in [-0.4, -0.2) is 13.0 Å². The van der Waals surface area contributed by atoms with Gasteiger partial charge < -0.3 is 20.9 Å². The summed E-state index contributed by atoms with van der Waals surface area (Å²) >= 11 is 0. The molecule has 0 saturated heterocycles. The number of ether oxygens (including phenoxy) is 2. The molecule has 2 aromatic carbocycles. The van der Waals surface area contributed by atoms with Crippen molar-refractivity contribution in [2.24, 2.45) is 5.73 Å². The fraction of sp³-hybridized carbons (Fsp3) is 0.0714. The number of benzene rings is 2. The number of carbonyl (C=O) groups excluding carboxylic acids is 1. The van der Waals surface area contributed by atoms with Crippen LogP contribution in [0, 0.1) is 5.82 Å². The van der Waals surface area contributed by atoms with Gasteiger partial charge in [-0.3, -0.25) is 4.79 Å². The first-order valence-electron chi connectivity index (χ1n) is 5.72. The van der Waals surface area contributed by atoms with Gasteiger partial charge in [0.2, 0.25) is 5.91 Å². The van der Waals surface area contributed by atoms with Crippen molar-refractivity contribution in [1.29, 1.82) is 0 Å². The molecule has 0 aliphatic carbocycles. The summed E-state index contributed by atoms with van der Waals surface area (Å²) in [6, 6.07) is 8.65. The van der Waals surface area contributed by atoms with E-state index in [0.29, 0.717) is 11.3 Å². The van der Waals surface area contributed by atoms with Gasteiger partial charge in [-0.25, -0.2) is 4.39 Å². The molecule has 4 N–H and O–H groups in total. The highest BCUT2D eigenvalue weighted by Gasteiger charge is 2.10. The van der Waals surface area contributed by atoms with Crippen molar-refractivity contribution in [2.75, 3.05) is 12.8 Å². The van der Waals surface area contributed by atoms with Crippen molar-refractivity contribution in [3.05, 3.63) is 47.8 Å². The Morgan fingerprint density at radius 2 is 1.80 bits per heavy atom. The van der Waals surface area contributed by atoms with Crippen molar-refractivity contribution < 1.29 is 18.7 Å². The van der Waals surface area contributed by atoms with E-state index in [-0.39, 0.29) is 17.2 Å². The Kier molecular flexibility index (Phi) is 3.74. The zero-order valence-corrected chi connectivity index (χ0v) is 10.7. The normalized spacial score (nSPS) is 10.1.